The van der Waals surface area contributed by atoms with Crippen LogP contribution in [0.1, 0.15) is 12.7 Å². The standard InChI is InChI=1S/C12H16N2O2/c1-10-9-14(7-6-13-10)12(15)5-4-11-3-2-8-16-11/h2-5,8,10,13H,6-7,9H2,1H3/b5-4+/t10-/m0/s1. The summed E-state index contributed by atoms with van der Waals surface area (Å²) in [5.41, 5.74) is 0. The Balaban J connectivity index is 1.92. The molecular formula is C12H16N2O2. The zero-order valence-electron chi connectivity index (χ0n) is 9.35. The first-order valence-electron chi connectivity index (χ1n) is 5.49. The molecule has 86 valence electrons. The molecule has 1 saturated heterocycles. The van der Waals surface area contributed by atoms with E-state index in [1.54, 1.807) is 24.5 Å². The summed E-state index contributed by atoms with van der Waals surface area (Å²) < 4.78 is 5.12. The zero-order chi connectivity index (χ0) is 11.4. The monoisotopic (exact) mass is 220 g/mol. The summed E-state index contributed by atoms with van der Waals surface area (Å²) in [6.07, 6.45) is 4.86. The molecule has 0 bridgehead atoms. The molecule has 16 heavy (non-hydrogen) atoms. The molecule has 0 aliphatic carbocycles. The number of furan rings is 1. The fourth-order valence-corrected chi connectivity index (χ4v) is 1.78. The summed E-state index contributed by atoms with van der Waals surface area (Å²) in [6.45, 7) is 4.48. The van der Waals surface area contributed by atoms with E-state index >= 15 is 0 Å². The highest BCUT2D eigenvalue weighted by atomic mass is 16.3. The highest BCUT2D eigenvalue weighted by Gasteiger charge is 2.18. The molecule has 1 atom stereocenters. The van der Waals surface area contributed by atoms with Crippen molar-refractivity contribution in [3.8, 4) is 0 Å². The Bertz CT molecular complexity index is 370. The Kier molecular flexibility index (Phi) is 3.41. The Hall–Kier alpha value is -1.55. The molecule has 4 nitrogen and oxygen atoms in total. The van der Waals surface area contributed by atoms with E-state index in [4.69, 9.17) is 4.42 Å². The second kappa shape index (κ2) is 4.99. The number of carbonyl (C=O) groups is 1. The Labute approximate surface area is 94.9 Å². The van der Waals surface area contributed by atoms with Crippen LogP contribution in [-0.2, 0) is 4.79 Å². The molecule has 0 unspecified atom stereocenters. The van der Waals surface area contributed by atoms with E-state index in [0.29, 0.717) is 11.8 Å². The molecule has 1 amide bonds. The van der Waals surface area contributed by atoms with Crippen molar-refractivity contribution in [2.24, 2.45) is 0 Å². The second-order valence-corrected chi connectivity index (χ2v) is 3.99. The van der Waals surface area contributed by atoms with E-state index in [1.165, 1.54) is 0 Å². The van der Waals surface area contributed by atoms with Crippen molar-refractivity contribution >= 4 is 12.0 Å². The fraction of sp³-hybridized carbons (Fsp3) is 0.417. The van der Waals surface area contributed by atoms with Crippen molar-refractivity contribution in [1.29, 1.82) is 0 Å². The van der Waals surface area contributed by atoms with Crippen LogP contribution in [0.4, 0.5) is 0 Å². The molecule has 2 rings (SSSR count). The summed E-state index contributed by atoms with van der Waals surface area (Å²) in [5.74, 6) is 0.751. The fourth-order valence-electron chi connectivity index (χ4n) is 1.78. The molecule has 0 radical (unpaired) electrons. The highest BCUT2D eigenvalue weighted by molar-refractivity contribution is 5.91. The topological polar surface area (TPSA) is 45.5 Å². The highest BCUT2D eigenvalue weighted by Crippen LogP contribution is 2.04. The van der Waals surface area contributed by atoms with Crippen LogP contribution in [0.3, 0.4) is 0 Å². The first-order chi connectivity index (χ1) is 7.75. The van der Waals surface area contributed by atoms with Gasteiger partial charge in [0.2, 0.25) is 5.91 Å². The number of hydrogen-bond donors (Lipinski definition) is 1. The van der Waals surface area contributed by atoms with Gasteiger partial charge in [0, 0.05) is 31.8 Å². The lowest BCUT2D eigenvalue weighted by Gasteiger charge is -2.31. The van der Waals surface area contributed by atoms with Gasteiger partial charge < -0.3 is 14.6 Å². The zero-order valence-corrected chi connectivity index (χ0v) is 9.35. The molecule has 1 aliphatic heterocycles. The van der Waals surface area contributed by atoms with Crippen LogP contribution in [0.25, 0.3) is 6.08 Å². The molecule has 1 fully saturated rings. The minimum atomic E-state index is 0.0461. The van der Waals surface area contributed by atoms with Crippen molar-refractivity contribution in [1.82, 2.24) is 10.2 Å². The molecule has 4 heteroatoms. The summed E-state index contributed by atoms with van der Waals surface area (Å²) in [7, 11) is 0. The smallest absolute Gasteiger partial charge is 0.246 e. The molecule has 1 N–H and O–H groups in total. The number of piperazine rings is 1. The van der Waals surface area contributed by atoms with Crippen LogP contribution >= 0.6 is 0 Å². The summed E-state index contributed by atoms with van der Waals surface area (Å²) in [4.78, 5) is 13.7. The average molecular weight is 220 g/mol. The van der Waals surface area contributed by atoms with E-state index in [-0.39, 0.29) is 5.91 Å². The Morgan fingerprint density at radius 1 is 1.69 bits per heavy atom. The van der Waals surface area contributed by atoms with Crippen LogP contribution < -0.4 is 5.32 Å². The molecular weight excluding hydrogens is 204 g/mol. The average Bonchev–Trinajstić information content (AvgIpc) is 2.78. The Morgan fingerprint density at radius 3 is 3.25 bits per heavy atom. The van der Waals surface area contributed by atoms with Gasteiger partial charge in [-0.15, -0.1) is 0 Å². The van der Waals surface area contributed by atoms with Crippen LogP contribution in [0.15, 0.2) is 28.9 Å². The summed E-state index contributed by atoms with van der Waals surface area (Å²) in [6, 6.07) is 4.00. The third kappa shape index (κ3) is 2.73. The summed E-state index contributed by atoms with van der Waals surface area (Å²) in [5, 5.41) is 3.30. The van der Waals surface area contributed by atoms with E-state index in [2.05, 4.69) is 12.2 Å². The SMILES string of the molecule is C[C@H]1CN(C(=O)/C=C/c2ccco2)CCN1. The molecule has 1 aromatic rings. The largest absolute Gasteiger partial charge is 0.465 e. The second-order valence-electron chi connectivity index (χ2n) is 3.99. The molecule has 0 aromatic carbocycles. The predicted octanol–water partition coefficient (Wildman–Crippen LogP) is 1.11. The lowest BCUT2D eigenvalue weighted by Crippen LogP contribution is -2.50. The van der Waals surface area contributed by atoms with Crippen molar-refractivity contribution < 1.29 is 9.21 Å². The predicted molar refractivity (Wildman–Crippen MR) is 61.8 cm³/mol. The Morgan fingerprint density at radius 2 is 2.56 bits per heavy atom. The van der Waals surface area contributed by atoms with Gasteiger partial charge in [0.15, 0.2) is 0 Å². The van der Waals surface area contributed by atoms with Crippen molar-refractivity contribution in [3.63, 3.8) is 0 Å². The van der Waals surface area contributed by atoms with Gasteiger partial charge in [-0.1, -0.05) is 0 Å². The van der Waals surface area contributed by atoms with Crippen molar-refractivity contribution in [2.75, 3.05) is 19.6 Å². The number of nitrogens with zero attached hydrogens (tertiary/aromatic N) is 1. The van der Waals surface area contributed by atoms with Gasteiger partial charge in [-0.25, -0.2) is 0 Å². The molecule has 2 heterocycles. The van der Waals surface area contributed by atoms with Gasteiger partial charge in [-0.05, 0) is 25.1 Å². The first kappa shape index (κ1) is 11.0. The van der Waals surface area contributed by atoms with E-state index in [1.807, 2.05) is 11.0 Å². The van der Waals surface area contributed by atoms with Gasteiger partial charge in [0.05, 0.1) is 6.26 Å². The van der Waals surface area contributed by atoms with Crippen LogP contribution in [0, 0.1) is 0 Å². The normalized spacial score (nSPS) is 21.6. The van der Waals surface area contributed by atoms with Crippen molar-refractivity contribution in [3.05, 3.63) is 30.2 Å². The maximum Gasteiger partial charge on any atom is 0.246 e. The maximum atomic E-state index is 11.8. The molecule has 0 spiro atoms. The van der Waals surface area contributed by atoms with E-state index < -0.39 is 0 Å². The summed E-state index contributed by atoms with van der Waals surface area (Å²) >= 11 is 0. The quantitative estimate of drug-likeness (QED) is 0.759. The number of nitrogens with one attached hydrogen (secondary N) is 1. The minimum Gasteiger partial charge on any atom is -0.465 e. The molecule has 1 aliphatic rings. The molecule has 0 saturated carbocycles. The minimum absolute atomic E-state index is 0.0461. The third-order valence-corrected chi connectivity index (χ3v) is 2.61. The third-order valence-electron chi connectivity index (χ3n) is 2.61. The van der Waals surface area contributed by atoms with E-state index in [0.717, 1.165) is 19.6 Å². The maximum absolute atomic E-state index is 11.8. The number of hydrogen-bond acceptors (Lipinski definition) is 3. The van der Waals surface area contributed by atoms with Crippen LogP contribution in [0.5, 0.6) is 0 Å². The van der Waals surface area contributed by atoms with Crippen LogP contribution in [0.2, 0.25) is 0 Å². The van der Waals surface area contributed by atoms with Gasteiger partial charge >= 0.3 is 0 Å². The number of amides is 1. The van der Waals surface area contributed by atoms with Gasteiger partial charge in [-0.3, -0.25) is 4.79 Å². The van der Waals surface area contributed by atoms with Gasteiger partial charge in [-0.2, -0.15) is 0 Å². The van der Waals surface area contributed by atoms with Crippen molar-refractivity contribution in [2.45, 2.75) is 13.0 Å². The van der Waals surface area contributed by atoms with Crippen LogP contribution in [-0.4, -0.2) is 36.5 Å². The van der Waals surface area contributed by atoms with Gasteiger partial charge in [0.25, 0.3) is 0 Å². The van der Waals surface area contributed by atoms with E-state index in [9.17, 15) is 4.79 Å². The lowest BCUT2D eigenvalue weighted by atomic mass is 10.2. The van der Waals surface area contributed by atoms with Gasteiger partial charge in [0.1, 0.15) is 5.76 Å². The number of rotatable bonds is 2. The molecule has 1 aromatic heterocycles. The first-order valence-corrected chi connectivity index (χ1v) is 5.49. The lowest BCUT2D eigenvalue weighted by molar-refractivity contribution is -0.127. The number of carbonyl (C=O) groups excluding carboxylic acids is 1.